The third-order valence-electron chi connectivity index (χ3n) is 4.10. The van der Waals surface area contributed by atoms with E-state index in [0.717, 1.165) is 5.56 Å². The molecule has 0 aromatic heterocycles. The molecule has 0 bridgehead atoms. The van der Waals surface area contributed by atoms with E-state index in [1.807, 2.05) is 19.1 Å². The van der Waals surface area contributed by atoms with E-state index in [2.05, 4.69) is 10.0 Å². The van der Waals surface area contributed by atoms with Crippen molar-refractivity contribution >= 4 is 33.3 Å². The minimum atomic E-state index is -3.96. The van der Waals surface area contributed by atoms with Gasteiger partial charge in [0.2, 0.25) is 0 Å². The van der Waals surface area contributed by atoms with E-state index < -0.39 is 21.9 Å². The molecule has 3 aromatic rings. The fourth-order valence-electron chi connectivity index (χ4n) is 2.54. The van der Waals surface area contributed by atoms with Crippen LogP contribution >= 0.6 is 0 Å². The molecule has 3 N–H and O–H groups in total. The van der Waals surface area contributed by atoms with Gasteiger partial charge in [-0.15, -0.1) is 0 Å². The lowest BCUT2D eigenvalue weighted by molar-refractivity contribution is 0.0696. The van der Waals surface area contributed by atoms with Crippen molar-refractivity contribution in [3.63, 3.8) is 0 Å². The number of carboxylic acids is 1. The van der Waals surface area contributed by atoms with Crippen LogP contribution in [0.4, 0.5) is 11.4 Å². The highest BCUT2D eigenvalue weighted by atomic mass is 32.2. The third kappa shape index (κ3) is 4.99. The zero-order valence-electron chi connectivity index (χ0n) is 15.4. The van der Waals surface area contributed by atoms with Gasteiger partial charge in [0.15, 0.2) is 0 Å². The maximum absolute atomic E-state index is 12.6. The highest BCUT2D eigenvalue weighted by Gasteiger charge is 2.17. The molecule has 8 heteroatoms. The summed E-state index contributed by atoms with van der Waals surface area (Å²) >= 11 is 0. The first kappa shape index (κ1) is 20.1. The number of aryl methyl sites for hydroxylation is 1. The number of carbonyl (C=O) groups is 2. The second-order valence-corrected chi connectivity index (χ2v) is 8.02. The minimum Gasteiger partial charge on any atom is -0.478 e. The monoisotopic (exact) mass is 410 g/mol. The Morgan fingerprint density at radius 2 is 1.45 bits per heavy atom. The van der Waals surface area contributed by atoms with Gasteiger partial charge in [-0.2, -0.15) is 0 Å². The molecule has 0 aliphatic carbocycles. The summed E-state index contributed by atoms with van der Waals surface area (Å²) in [5, 5.41) is 11.6. The predicted molar refractivity (Wildman–Crippen MR) is 110 cm³/mol. The van der Waals surface area contributed by atoms with Crippen LogP contribution in [0.3, 0.4) is 0 Å². The van der Waals surface area contributed by atoms with Crippen molar-refractivity contribution in [1.29, 1.82) is 0 Å². The largest absolute Gasteiger partial charge is 0.478 e. The summed E-state index contributed by atoms with van der Waals surface area (Å²) in [6.45, 7) is 1.93. The predicted octanol–water partition coefficient (Wildman–Crippen LogP) is 3.75. The molecule has 1 amide bonds. The number of carbonyl (C=O) groups excluding carboxylic acids is 1. The zero-order chi connectivity index (χ0) is 21.0. The number of benzene rings is 3. The van der Waals surface area contributed by atoms with Crippen LogP contribution in [-0.4, -0.2) is 25.4 Å². The Hall–Kier alpha value is -3.65. The van der Waals surface area contributed by atoms with E-state index in [-0.39, 0.29) is 21.7 Å². The van der Waals surface area contributed by atoms with Crippen LogP contribution in [0.2, 0.25) is 0 Å². The van der Waals surface area contributed by atoms with Crippen molar-refractivity contribution in [2.45, 2.75) is 11.8 Å². The van der Waals surface area contributed by atoms with Crippen LogP contribution in [0, 0.1) is 6.92 Å². The molecule has 3 aromatic carbocycles. The molecule has 0 fully saturated rings. The van der Waals surface area contributed by atoms with Gasteiger partial charge in [0.25, 0.3) is 15.9 Å². The second-order valence-electron chi connectivity index (χ2n) is 6.34. The molecule has 7 nitrogen and oxygen atoms in total. The Labute approximate surface area is 168 Å². The van der Waals surface area contributed by atoms with Crippen LogP contribution in [-0.2, 0) is 10.0 Å². The molecule has 148 valence electrons. The molecule has 0 aliphatic heterocycles. The van der Waals surface area contributed by atoms with Gasteiger partial charge in [-0.1, -0.05) is 23.8 Å². The smallest absolute Gasteiger partial charge is 0.335 e. The van der Waals surface area contributed by atoms with Crippen LogP contribution in [0.15, 0.2) is 77.7 Å². The Kier molecular flexibility index (Phi) is 5.65. The van der Waals surface area contributed by atoms with Crippen LogP contribution in [0.5, 0.6) is 0 Å². The molecule has 3 rings (SSSR count). The number of sulfonamides is 1. The van der Waals surface area contributed by atoms with Gasteiger partial charge in [-0.25, -0.2) is 13.2 Å². The lowest BCUT2D eigenvalue weighted by atomic mass is 10.2. The van der Waals surface area contributed by atoms with E-state index >= 15 is 0 Å². The van der Waals surface area contributed by atoms with Crippen molar-refractivity contribution in [2.24, 2.45) is 0 Å². The first-order chi connectivity index (χ1) is 13.7. The van der Waals surface area contributed by atoms with Gasteiger partial charge in [0, 0.05) is 16.9 Å². The van der Waals surface area contributed by atoms with Crippen molar-refractivity contribution < 1.29 is 23.1 Å². The molecular formula is C21H18N2O5S. The fraction of sp³-hybridized carbons (Fsp3) is 0.0476. The van der Waals surface area contributed by atoms with E-state index in [1.165, 1.54) is 48.5 Å². The average molecular weight is 410 g/mol. The first-order valence-corrected chi connectivity index (χ1v) is 10.1. The number of carboxylic acid groups (broad SMARTS) is 1. The second kappa shape index (κ2) is 8.15. The minimum absolute atomic E-state index is 0.0442. The lowest BCUT2D eigenvalue weighted by Crippen LogP contribution is -2.16. The Bertz CT molecular complexity index is 1150. The van der Waals surface area contributed by atoms with Gasteiger partial charge in [-0.05, 0) is 61.5 Å². The number of hydrogen-bond acceptors (Lipinski definition) is 4. The normalized spacial score (nSPS) is 10.9. The molecular weight excluding hydrogens is 392 g/mol. The van der Waals surface area contributed by atoms with Gasteiger partial charge < -0.3 is 10.4 Å². The molecule has 0 heterocycles. The fourth-order valence-corrected chi connectivity index (χ4v) is 3.64. The maximum atomic E-state index is 12.6. The Morgan fingerprint density at radius 3 is 2.07 bits per heavy atom. The number of nitrogens with one attached hydrogen (secondary N) is 2. The lowest BCUT2D eigenvalue weighted by Gasteiger charge is -2.10. The van der Waals surface area contributed by atoms with Crippen LogP contribution in [0.1, 0.15) is 26.3 Å². The van der Waals surface area contributed by atoms with Crippen molar-refractivity contribution in [3.8, 4) is 0 Å². The van der Waals surface area contributed by atoms with E-state index in [9.17, 15) is 18.0 Å². The molecule has 0 radical (unpaired) electrons. The van der Waals surface area contributed by atoms with Crippen LogP contribution < -0.4 is 10.0 Å². The van der Waals surface area contributed by atoms with Crippen molar-refractivity contribution in [2.75, 3.05) is 10.0 Å². The van der Waals surface area contributed by atoms with E-state index in [4.69, 9.17) is 5.11 Å². The zero-order valence-corrected chi connectivity index (χ0v) is 16.2. The number of rotatable bonds is 6. The standard InChI is InChI=1S/C21H18N2O5S/c1-14-5-9-17(10-6-14)22-20(24)16-3-2-4-19(13-16)29(27,28)23-18-11-7-15(8-12-18)21(25)26/h2-13,23H,1H3,(H,22,24)(H,25,26). The van der Waals surface area contributed by atoms with Crippen LogP contribution in [0.25, 0.3) is 0 Å². The Balaban J connectivity index is 1.78. The number of anilines is 2. The average Bonchev–Trinajstić information content (AvgIpc) is 2.70. The summed E-state index contributed by atoms with van der Waals surface area (Å²) in [6, 6.07) is 18.2. The molecule has 0 atom stereocenters. The summed E-state index contributed by atoms with van der Waals surface area (Å²) < 4.78 is 27.6. The highest BCUT2D eigenvalue weighted by molar-refractivity contribution is 7.92. The Morgan fingerprint density at radius 1 is 0.828 bits per heavy atom. The summed E-state index contributed by atoms with van der Waals surface area (Å²) in [7, 11) is -3.96. The van der Waals surface area contributed by atoms with Crippen molar-refractivity contribution in [3.05, 3.63) is 89.5 Å². The molecule has 0 saturated heterocycles. The highest BCUT2D eigenvalue weighted by Crippen LogP contribution is 2.19. The number of hydrogen-bond donors (Lipinski definition) is 3. The SMILES string of the molecule is Cc1ccc(NC(=O)c2cccc(S(=O)(=O)Nc3ccc(C(=O)O)cc3)c2)cc1. The number of amides is 1. The molecule has 0 spiro atoms. The van der Waals surface area contributed by atoms with Gasteiger partial charge in [0.1, 0.15) is 0 Å². The molecule has 29 heavy (non-hydrogen) atoms. The molecule has 0 aliphatic rings. The van der Waals surface area contributed by atoms with Gasteiger partial charge in [-0.3, -0.25) is 9.52 Å². The quantitative estimate of drug-likeness (QED) is 0.573. The topological polar surface area (TPSA) is 113 Å². The van der Waals surface area contributed by atoms with E-state index in [1.54, 1.807) is 12.1 Å². The molecule has 0 saturated carbocycles. The van der Waals surface area contributed by atoms with E-state index in [0.29, 0.717) is 5.69 Å². The van der Waals surface area contributed by atoms with Gasteiger partial charge >= 0.3 is 5.97 Å². The number of aromatic carboxylic acids is 1. The van der Waals surface area contributed by atoms with Crippen molar-refractivity contribution in [1.82, 2.24) is 0 Å². The summed E-state index contributed by atoms with van der Waals surface area (Å²) in [6.07, 6.45) is 0. The third-order valence-corrected chi connectivity index (χ3v) is 5.48. The molecule has 0 unspecified atom stereocenters. The first-order valence-electron chi connectivity index (χ1n) is 8.59. The summed E-state index contributed by atoms with van der Waals surface area (Å²) in [4.78, 5) is 23.3. The summed E-state index contributed by atoms with van der Waals surface area (Å²) in [5.41, 5.74) is 2.10. The maximum Gasteiger partial charge on any atom is 0.335 e. The van der Waals surface area contributed by atoms with Gasteiger partial charge in [0.05, 0.1) is 10.5 Å². The summed E-state index contributed by atoms with van der Waals surface area (Å²) in [5.74, 6) is -1.54.